The molecule has 0 saturated carbocycles. The van der Waals surface area contributed by atoms with E-state index in [2.05, 4.69) is 143 Å². The maximum atomic E-state index is 3.93. The molecule has 0 atom stereocenters. The molecule has 2 heterocycles. The van der Waals surface area contributed by atoms with Gasteiger partial charge in [0.15, 0.2) is 0 Å². The third-order valence-electron chi connectivity index (χ3n) is 6.27. The maximum Gasteiger partial charge on any atom is 0.0642 e. The van der Waals surface area contributed by atoms with Gasteiger partial charge in [0.2, 0.25) is 0 Å². The van der Waals surface area contributed by atoms with Gasteiger partial charge in [-0.1, -0.05) is 53.7 Å². The summed E-state index contributed by atoms with van der Waals surface area (Å²) in [6.45, 7) is 13.7. The average molecular weight is 684 g/mol. The van der Waals surface area contributed by atoms with Gasteiger partial charge in [-0.25, -0.2) is 0 Å². The van der Waals surface area contributed by atoms with Gasteiger partial charge in [0.25, 0.3) is 0 Å². The van der Waals surface area contributed by atoms with Crippen LogP contribution in [0.15, 0.2) is 40.9 Å². The lowest BCUT2D eigenvalue weighted by Crippen LogP contribution is -2.10. The van der Waals surface area contributed by atoms with Crippen LogP contribution in [0.2, 0.25) is 0 Å². The summed E-state index contributed by atoms with van der Waals surface area (Å²) in [5.41, 5.74) is 6.97. The van der Waals surface area contributed by atoms with Gasteiger partial charge >= 0.3 is 0 Å². The van der Waals surface area contributed by atoms with Crippen LogP contribution in [-0.2, 0) is 10.8 Å². The van der Waals surface area contributed by atoms with E-state index in [-0.39, 0.29) is 10.8 Å². The van der Waals surface area contributed by atoms with Gasteiger partial charge in [-0.05, 0) is 107 Å². The van der Waals surface area contributed by atoms with Crippen LogP contribution < -0.4 is 0 Å². The van der Waals surface area contributed by atoms with E-state index >= 15 is 0 Å². The second kappa shape index (κ2) is 6.70. The van der Waals surface area contributed by atoms with Crippen LogP contribution in [0.25, 0.3) is 38.1 Å². The van der Waals surface area contributed by atoms with Gasteiger partial charge in [0, 0.05) is 33.2 Å². The number of halogens is 3. The fourth-order valence-electron chi connectivity index (χ4n) is 4.53. The summed E-state index contributed by atoms with van der Waals surface area (Å²) in [4.78, 5) is 0. The predicted molar refractivity (Wildman–Crippen MR) is 152 cm³/mol. The molecule has 0 aliphatic rings. The molecule has 0 radical (unpaired) electrons. The molecule has 3 aromatic carbocycles. The average Bonchev–Trinajstić information content (AvgIpc) is 3.15. The molecule has 1 nitrogen and oxygen atoms in total. The molecule has 4 heteroatoms. The molecule has 0 N–H and O–H groups in total. The smallest absolute Gasteiger partial charge is 0.0642 e. The number of fused-ring (bicyclic) bond motifs is 6. The highest BCUT2D eigenvalue weighted by molar-refractivity contribution is 14.1. The van der Waals surface area contributed by atoms with E-state index in [9.17, 15) is 0 Å². The van der Waals surface area contributed by atoms with E-state index in [1.165, 1.54) is 60.8 Å². The van der Waals surface area contributed by atoms with Crippen LogP contribution in [-0.4, -0.2) is 4.40 Å². The van der Waals surface area contributed by atoms with E-state index in [4.69, 9.17) is 0 Å². The van der Waals surface area contributed by atoms with E-state index in [0.29, 0.717) is 0 Å². The molecule has 0 amide bonds. The zero-order valence-electron chi connectivity index (χ0n) is 18.0. The molecule has 0 fully saturated rings. The second-order valence-corrected chi connectivity index (χ2v) is 13.3. The Labute approximate surface area is 213 Å². The highest BCUT2D eigenvalue weighted by Crippen LogP contribution is 2.47. The summed E-state index contributed by atoms with van der Waals surface area (Å²) in [7, 11) is 0. The third-order valence-corrected chi connectivity index (χ3v) is 10.7. The number of hydrogen-bond acceptors (Lipinski definition) is 0. The molecule has 154 valence electrons. The fourth-order valence-corrected chi connectivity index (χ4v) is 7.07. The molecule has 0 spiro atoms. The van der Waals surface area contributed by atoms with Crippen LogP contribution >= 0.6 is 61.1 Å². The highest BCUT2D eigenvalue weighted by Gasteiger charge is 2.26. The summed E-state index contributed by atoms with van der Waals surface area (Å²) in [6, 6.07) is 14.1. The van der Waals surface area contributed by atoms with Crippen molar-refractivity contribution in [1.29, 1.82) is 0 Å². The lowest BCUT2D eigenvalue weighted by molar-refractivity contribution is 0.591. The summed E-state index contributed by atoms with van der Waals surface area (Å²) < 4.78 is 6.30. The molecule has 2 aromatic heterocycles. The molecule has 5 aromatic rings. The molecular formula is C26H24BrI2N. The Bertz CT molecular complexity index is 1370. The van der Waals surface area contributed by atoms with Crippen LogP contribution in [0.3, 0.4) is 0 Å². The first-order chi connectivity index (χ1) is 13.9. The quantitative estimate of drug-likeness (QED) is 0.113. The Hall–Kier alpha value is -0.600. The van der Waals surface area contributed by atoms with Crippen molar-refractivity contribution in [1.82, 2.24) is 4.40 Å². The van der Waals surface area contributed by atoms with Crippen LogP contribution in [0, 0.1) is 7.14 Å². The topological polar surface area (TPSA) is 4.41 Å². The lowest BCUT2D eigenvalue weighted by atomic mass is 9.86. The summed E-state index contributed by atoms with van der Waals surface area (Å²) in [5, 5.41) is 5.44. The number of hydrogen-bond donors (Lipinski definition) is 0. The van der Waals surface area contributed by atoms with Crippen molar-refractivity contribution in [3.63, 3.8) is 0 Å². The number of rotatable bonds is 0. The maximum absolute atomic E-state index is 3.93. The summed E-state index contributed by atoms with van der Waals surface area (Å²) in [6.07, 6.45) is 0. The Morgan fingerprint density at radius 1 is 0.700 bits per heavy atom. The molecule has 0 bridgehead atoms. The minimum absolute atomic E-state index is 0.126. The molecule has 30 heavy (non-hydrogen) atoms. The largest absolute Gasteiger partial charge is 0.308 e. The van der Waals surface area contributed by atoms with Crippen molar-refractivity contribution >= 4 is 99.2 Å². The van der Waals surface area contributed by atoms with E-state index in [1.807, 2.05) is 0 Å². The Kier molecular flexibility index (Phi) is 4.75. The standard InChI is InChI=1S/C26H24BrI2N/c1-25(2,3)13-7-9-17-15(11-13)19-22(28)21(27)23(29)20-16-12-14(26(4,5)6)8-10-18(16)30(17)24(19)20/h7-12H,1-6H3. The number of nitrogens with zero attached hydrogens (tertiary/aromatic N) is 1. The molecular weight excluding hydrogens is 660 g/mol. The van der Waals surface area contributed by atoms with E-state index in [0.717, 1.165) is 0 Å². The first-order valence-electron chi connectivity index (χ1n) is 10.2. The zero-order chi connectivity index (χ0) is 21.7. The van der Waals surface area contributed by atoms with Crippen molar-refractivity contribution in [3.05, 3.63) is 59.1 Å². The molecule has 5 rings (SSSR count). The Balaban J connectivity index is 2.07. The van der Waals surface area contributed by atoms with Crippen molar-refractivity contribution in [2.24, 2.45) is 0 Å². The van der Waals surface area contributed by atoms with Crippen LogP contribution in [0.4, 0.5) is 0 Å². The van der Waals surface area contributed by atoms with Crippen LogP contribution in [0.1, 0.15) is 52.7 Å². The van der Waals surface area contributed by atoms with Crippen LogP contribution in [0.5, 0.6) is 0 Å². The SMILES string of the molecule is CC(C)(C)c1ccc2c(c1)c1c(I)c(Br)c(I)c3c4cc(C(C)(C)C)ccc4n2c13. The van der Waals surface area contributed by atoms with Crippen molar-refractivity contribution in [2.75, 3.05) is 0 Å². The normalized spacial score (nSPS) is 13.5. The molecule has 0 aliphatic heterocycles. The van der Waals surface area contributed by atoms with Gasteiger partial charge in [-0.2, -0.15) is 0 Å². The molecule has 0 saturated heterocycles. The Morgan fingerprint density at radius 2 is 1.10 bits per heavy atom. The molecule has 0 unspecified atom stereocenters. The van der Waals surface area contributed by atoms with E-state index in [1.54, 1.807) is 0 Å². The number of aromatic nitrogens is 1. The summed E-state index contributed by atoms with van der Waals surface area (Å²) >= 11 is 8.97. The number of benzene rings is 3. The minimum atomic E-state index is 0.126. The fraction of sp³-hybridized carbons (Fsp3) is 0.308. The third kappa shape index (κ3) is 2.88. The van der Waals surface area contributed by atoms with E-state index < -0.39 is 0 Å². The van der Waals surface area contributed by atoms with Gasteiger partial charge < -0.3 is 4.40 Å². The highest BCUT2D eigenvalue weighted by atomic mass is 127. The van der Waals surface area contributed by atoms with Gasteiger partial charge in [-0.3, -0.25) is 0 Å². The van der Waals surface area contributed by atoms with Gasteiger partial charge in [0.1, 0.15) is 0 Å². The second-order valence-electron chi connectivity index (χ2n) is 10.3. The predicted octanol–water partition coefficient (Wildman–Crippen LogP) is 9.40. The zero-order valence-corrected chi connectivity index (χ0v) is 23.9. The van der Waals surface area contributed by atoms with Crippen molar-refractivity contribution in [2.45, 2.75) is 52.4 Å². The Morgan fingerprint density at radius 3 is 1.47 bits per heavy atom. The monoisotopic (exact) mass is 683 g/mol. The first kappa shape index (κ1) is 21.3. The minimum Gasteiger partial charge on any atom is -0.308 e. The van der Waals surface area contributed by atoms with Gasteiger partial charge in [-0.15, -0.1) is 0 Å². The van der Waals surface area contributed by atoms with Gasteiger partial charge in [0.05, 0.1) is 16.6 Å². The molecule has 0 aliphatic carbocycles. The summed E-state index contributed by atoms with van der Waals surface area (Å²) in [5.74, 6) is 0. The first-order valence-corrected chi connectivity index (χ1v) is 13.2. The van der Waals surface area contributed by atoms with Crippen molar-refractivity contribution < 1.29 is 0 Å². The van der Waals surface area contributed by atoms with Crippen molar-refractivity contribution in [3.8, 4) is 0 Å². The lowest BCUT2D eigenvalue weighted by Gasteiger charge is -2.19.